The molecule has 2 aromatic rings. The van der Waals surface area contributed by atoms with Crippen LogP contribution in [0.1, 0.15) is 170 Å². The summed E-state index contributed by atoms with van der Waals surface area (Å²) < 4.78 is 27.6. The van der Waals surface area contributed by atoms with Gasteiger partial charge in [-0.1, -0.05) is 127 Å². The van der Waals surface area contributed by atoms with Gasteiger partial charge in [-0.25, -0.2) is 0 Å². The van der Waals surface area contributed by atoms with Crippen molar-refractivity contribution in [2.45, 2.75) is 187 Å². The van der Waals surface area contributed by atoms with E-state index >= 15 is 0 Å². The van der Waals surface area contributed by atoms with Crippen LogP contribution in [0, 0.1) is 0 Å². The molecule has 0 atom stereocenters. The Hall–Kier alpha value is -1.59. The number of rotatable bonds is 16. The molecule has 0 saturated carbocycles. The fraction of sp³-hybridized carbons (Fsp3) is 0.707. The van der Waals surface area contributed by atoms with Gasteiger partial charge >= 0.3 is 14.2 Å². The highest BCUT2D eigenvalue weighted by atomic mass is 16.7. The molecule has 0 aromatic heterocycles. The largest absolute Gasteiger partial charge is 0.494 e. The topological polar surface area (TPSA) is 36.9 Å². The summed E-state index contributed by atoms with van der Waals surface area (Å²) in [5, 5.41) is 0. The Morgan fingerprint density at radius 1 is 0.489 bits per heavy atom. The number of hydrogen-bond donors (Lipinski definition) is 0. The monoisotopic (exact) mass is 642 g/mol. The molecule has 1 aliphatic carbocycles. The second kappa shape index (κ2) is 14.3. The van der Waals surface area contributed by atoms with Crippen LogP contribution in [-0.4, -0.2) is 36.6 Å². The van der Waals surface area contributed by atoms with Crippen molar-refractivity contribution in [1.29, 1.82) is 0 Å². The molecule has 2 aromatic carbocycles. The Morgan fingerprint density at radius 3 is 1.45 bits per heavy atom. The lowest BCUT2D eigenvalue weighted by molar-refractivity contribution is 0.00578. The summed E-state index contributed by atoms with van der Waals surface area (Å²) in [6.07, 6.45) is 17.8. The van der Waals surface area contributed by atoms with Crippen molar-refractivity contribution < 1.29 is 18.6 Å². The van der Waals surface area contributed by atoms with E-state index in [0.29, 0.717) is 0 Å². The van der Waals surface area contributed by atoms with Crippen LogP contribution in [0.5, 0.6) is 0 Å². The molecule has 2 aliphatic heterocycles. The minimum absolute atomic E-state index is 0.111. The van der Waals surface area contributed by atoms with Crippen LogP contribution >= 0.6 is 0 Å². The van der Waals surface area contributed by atoms with Gasteiger partial charge in [0.05, 0.1) is 22.4 Å². The fourth-order valence-corrected chi connectivity index (χ4v) is 8.09. The van der Waals surface area contributed by atoms with Gasteiger partial charge < -0.3 is 18.6 Å². The second-order valence-corrected chi connectivity index (χ2v) is 16.8. The zero-order valence-corrected chi connectivity index (χ0v) is 31.7. The molecule has 5 rings (SSSR count). The zero-order chi connectivity index (χ0) is 34.1. The zero-order valence-electron chi connectivity index (χ0n) is 31.7. The third kappa shape index (κ3) is 7.05. The van der Waals surface area contributed by atoms with E-state index in [0.717, 1.165) is 23.8 Å². The molecular weight excluding hydrogens is 578 g/mol. The number of hydrogen-bond acceptors (Lipinski definition) is 4. The van der Waals surface area contributed by atoms with E-state index in [-0.39, 0.29) is 5.41 Å². The summed E-state index contributed by atoms with van der Waals surface area (Å²) in [5.74, 6) is 0. The first kappa shape index (κ1) is 36.7. The fourth-order valence-electron chi connectivity index (χ4n) is 8.09. The van der Waals surface area contributed by atoms with Crippen molar-refractivity contribution in [3.8, 4) is 11.1 Å². The SMILES string of the molecule is CCCCCCCCC1(CCCCCCCC)c2ccccc2-c2ccc(B3OC(C)(C)C(C)(C)O3)c(B3OC(C)(C)C(C)(C)O3)c21. The lowest BCUT2D eigenvalue weighted by Crippen LogP contribution is -2.55. The molecule has 6 heteroatoms. The summed E-state index contributed by atoms with van der Waals surface area (Å²) in [4.78, 5) is 0. The Kier molecular flexibility index (Phi) is 11.2. The average molecular weight is 643 g/mol. The number of fused-ring (bicyclic) bond motifs is 3. The summed E-state index contributed by atoms with van der Waals surface area (Å²) in [6.45, 7) is 21.8. The maximum Gasteiger partial charge on any atom is 0.494 e. The molecule has 47 heavy (non-hydrogen) atoms. The van der Waals surface area contributed by atoms with Gasteiger partial charge in [0.2, 0.25) is 0 Å². The van der Waals surface area contributed by atoms with Crippen molar-refractivity contribution in [3.05, 3.63) is 47.5 Å². The van der Waals surface area contributed by atoms with Gasteiger partial charge in [-0.05, 0) is 101 Å². The number of benzene rings is 2. The normalized spacial score (nSPS) is 21.3. The molecule has 0 spiro atoms. The van der Waals surface area contributed by atoms with Crippen LogP contribution in [0.15, 0.2) is 36.4 Å². The van der Waals surface area contributed by atoms with Crippen LogP contribution in [0.2, 0.25) is 0 Å². The summed E-state index contributed by atoms with van der Waals surface area (Å²) in [6, 6.07) is 13.8. The highest BCUT2D eigenvalue weighted by Crippen LogP contribution is 2.54. The smallest absolute Gasteiger partial charge is 0.399 e. The second-order valence-electron chi connectivity index (χ2n) is 16.8. The standard InChI is InChI=1S/C41H64B2O4/c1-11-13-15-17-19-23-29-41(30-24-20-18-16-14-12-2)33-26-22-21-25-31(33)32-27-28-34(42-44-37(3,4)38(5,6)45-42)36(35(32)41)43-46-39(7,8)40(9,10)47-43/h21-22,25-28H,11-20,23-24,29-30H2,1-10H3. The Balaban J connectivity index is 1.66. The highest BCUT2D eigenvalue weighted by Gasteiger charge is 2.58. The van der Waals surface area contributed by atoms with E-state index in [4.69, 9.17) is 18.6 Å². The van der Waals surface area contributed by atoms with Gasteiger partial charge in [0.1, 0.15) is 0 Å². The number of unbranched alkanes of at least 4 members (excludes halogenated alkanes) is 10. The minimum atomic E-state index is -0.508. The third-order valence-corrected chi connectivity index (χ3v) is 12.4. The first-order valence-corrected chi connectivity index (χ1v) is 19.2. The van der Waals surface area contributed by atoms with E-state index in [2.05, 4.69) is 106 Å². The predicted octanol–water partition coefficient (Wildman–Crippen LogP) is 10.1. The molecule has 0 radical (unpaired) electrons. The van der Waals surface area contributed by atoms with Gasteiger partial charge in [-0.3, -0.25) is 0 Å². The third-order valence-electron chi connectivity index (χ3n) is 12.4. The minimum Gasteiger partial charge on any atom is -0.399 e. The molecule has 4 nitrogen and oxygen atoms in total. The van der Waals surface area contributed by atoms with Crippen LogP contribution in [0.4, 0.5) is 0 Å². The summed E-state index contributed by atoms with van der Waals surface area (Å²) >= 11 is 0. The molecule has 258 valence electrons. The Labute approximate surface area is 288 Å². The van der Waals surface area contributed by atoms with Crippen LogP contribution in [0.3, 0.4) is 0 Å². The van der Waals surface area contributed by atoms with Gasteiger partial charge in [0.25, 0.3) is 0 Å². The van der Waals surface area contributed by atoms with Crippen molar-refractivity contribution in [3.63, 3.8) is 0 Å². The average Bonchev–Trinajstić information content (AvgIpc) is 3.51. The highest BCUT2D eigenvalue weighted by molar-refractivity contribution is 6.75. The molecule has 2 saturated heterocycles. The first-order chi connectivity index (χ1) is 22.2. The summed E-state index contributed by atoms with van der Waals surface area (Å²) in [5.41, 5.74) is 5.90. The molecule has 0 N–H and O–H groups in total. The van der Waals surface area contributed by atoms with Gasteiger partial charge in [-0.2, -0.15) is 0 Å². The molecule has 3 aliphatic rings. The van der Waals surface area contributed by atoms with E-state index in [9.17, 15) is 0 Å². The predicted molar refractivity (Wildman–Crippen MR) is 200 cm³/mol. The van der Waals surface area contributed by atoms with E-state index in [1.54, 1.807) is 0 Å². The molecule has 0 unspecified atom stereocenters. The summed E-state index contributed by atoms with van der Waals surface area (Å²) in [7, 11) is -1.00. The van der Waals surface area contributed by atoms with Crippen molar-refractivity contribution in [2.24, 2.45) is 0 Å². The first-order valence-electron chi connectivity index (χ1n) is 19.2. The molecule has 0 amide bonds. The molecular formula is C41H64B2O4. The lowest BCUT2D eigenvalue weighted by Gasteiger charge is -2.36. The quantitative estimate of drug-likeness (QED) is 0.135. The maximum absolute atomic E-state index is 6.98. The van der Waals surface area contributed by atoms with Crippen molar-refractivity contribution in [1.82, 2.24) is 0 Å². The Bertz CT molecular complexity index is 1320. The van der Waals surface area contributed by atoms with Crippen molar-refractivity contribution >= 4 is 25.2 Å². The molecule has 0 bridgehead atoms. The lowest BCUT2D eigenvalue weighted by atomic mass is 9.57. The molecule has 2 heterocycles. The van der Waals surface area contributed by atoms with Crippen LogP contribution in [-0.2, 0) is 24.0 Å². The van der Waals surface area contributed by atoms with E-state index in [1.807, 2.05) is 0 Å². The van der Waals surface area contributed by atoms with E-state index in [1.165, 1.54) is 99.3 Å². The van der Waals surface area contributed by atoms with Crippen LogP contribution in [0.25, 0.3) is 11.1 Å². The van der Waals surface area contributed by atoms with Crippen LogP contribution < -0.4 is 10.9 Å². The van der Waals surface area contributed by atoms with E-state index < -0.39 is 36.6 Å². The van der Waals surface area contributed by atoms with Gasteiger partial charge in [0, 0.05) is 5.41 Å². The Morgan fingerprint density at radius 2 is 0.936 bits per heavy atom. The maximum atomic E-state index is 6.98. The molecule has 2 fully saturated rings. The van der Waals surface area contributed by atoms with Crippen molar-refractivity contribution in [2.75, 3.05) is 0 Å². The van der Waals surface area contributed by atoms with Gasteiger partial charge in [0.15, 0.2) is 0 Å². The van der Waals surface area contributed by atoms with Gasteiger partial charge in [-0.15, -0.1) is 0 Å².